The number of nitrogens with two attached hydrogens (primary N) is 1. The number of benzene rings is 1. The summed E-state index contributed by atoms with van der Waals surface area (Å²) in [6.45, 7) is 5.55. The number of carbonyl (C=O) groups excluding carboxylic acids is 1. The zero-order valence-electron chi connectivity index (χ0n) is 12.0. The average molecular weight is 363 g/mol. The van der Waals surface area contributed by atoms with Crippen LogP contribution in [0.5, 0.6) is 0 Å². The molecule has 0 aliphatic rings. The van der Waals surface area contributed by atoms with E-state index in [9.17, 15) is 13.2 Å². The highest BCUT2D eigenvalue weighted by molar-refractivity contribution is 9.10. The van der Waals surface area contributed by atoms with Gasteiger partial charge in [-0.05, 0) is 38.0 Å². The van der Waals surface area contributed by atoms with Crippen molar-refractivity contribution in [1.29, 1.82) is 0 Å². The van der Waals surface area contributed by atoms with Crippen LogP contribution in [-0.2, 0) is 10.0 Å². The molecule has 0 fully saturated rings. The van der Waals surface area contributed by atoms with Gasteiger partial charge in [0.25, 0.3) is 5.91 Å². The molecule has 0 aromatic heterocycles. The molecule has 0 aliphatic heterocycles. The van der Waals surface area contributed by atoms with Crippen molar-refractivity contribution in [3.8, 4) is 0 Å². The highest BCUT2D eigenvalue weighted by atomic mass is 79.9. The molecule has 7 heteroatoms. The Hall–Kier alpha value is -0.920. The zero-order chi connectivity index (χ0) is 15.7. The van der Waals surface area contributed by atoms with Gasteiger partial charge in [0.05, 0.1) is 4.90 Å². The summed E-state index contributed by atoms with van der Waals surface area (Å²) >= 11 is 3.27. The average Bonchev–Trinajstić information content (AvgIpc) is 2.37. The lowest BCUT2D eigenvalue weighted by Crippen LogP contribution is -2.34. The van der Waals surface area contributed by atoms with Crippen LogP contribution in [0, 0.1) is 6.92 Å². The summed E-state index contributed by atoms with van der Waals surface area (Å²) in [7, 11) is -2.17. The van der Waals surface area contributed by atoms with Crippen LogP contribution in [0.25, 0.3) is 0 Å². The smallest absolute Gasteiger partial charge is 0.253 e. The van der Waals surface area contributed by atoms with Gasteiger partial charge in [0.1, 0.15) is 0 Å². The molecule has 0 radical (unpaired) electrons. The Morgan fingerprint density at radius 2 is 2.00 bits per heavy atom. The zero-order valence-corrected chi connectivity index (χ0v) is 14.4. The molecule has 0 saturated carbocycles. The second kappa shape index (κ2) is 6.24. The van der Waals surface area contributed by atoms with Gasteiger partial charge >= 0.3 is 0 Å². The number of amides is 1. The maximum absolute atomic E-state index is 12.4. The fraction of sp³-hybridized carbons (Fsp3) is 0.462. The number of hydrogen-bond acceptors (Lipinski definition) is 3. The van der Waals surface area contributed by atoms with Gasteiger partial charge < -0.3 is 4.90 Å². The molecule has 0 bridgehead atoms. The monoisotopic (exact) mass is 362 g/mol. The maximum atomic E-state index is 12.4. The molecular weight excluding hydrogens is 344 g/mol. The van der Waals surface area contributed by atoms with Crippen LogP contribution in [0.4, 0.5) is 0 Å². The number of sulfonamides is 1. The van der Waals surface area contributed by atoms with E-state index in [0.29, 0.717) is 15.6 Å². The van der Waals surface area contributed by atoms with Crippen LogP contribution in [0.1, 0.15) is 36.2 Å². The first-order valence-corrected chi connectivity index (χ1v) is 8.53. The summed E-state index contributed by atoms with van der Waals surface area (Å²) in [6, 6.07) is 3.02. The minimum absolute atomic E-state index is 0.0345. The van der Waals surface area contributed by atoms with Gasteiger partial charge in [-0.3, -0.25) is 4.79 Å². The Labute approximate surface area is 128 Å². The van der Waals surface area contributed by atoms with Crippen LogP contribution >= 0.6 is 15.9 Å². The lowest BCUT2D eigenvalue weighted by Gasteiger charge is -2.24. The van der Waals surface area contributed by atoms with E-state index in [-0.39, 0.29) is 16.8 Å². The molecule has 0 spiro atoms. The molecule has 1 atom stereocenters. The Morgan fingerprint density at radius 1 is 1.45 bits per heavy atom. The molecular formula is C13H19BrN2O3S. The second-order valence-electron chi connectivity index (χ2n) is 4.80. The fourth-order valence-electron chi connectivity index (χ4n) is 1.75. The van der Waals surface area contributed by atoms with Crippen LogP contribution in [0.15, 0.2) is 21.5 Å². The summed E-state index contributed by atoms with van der Waals surface area (Å²) in [6.07, 6.45) is 0.817. The molecule has 5 nitrogen and oxygen atoms in total. The standard InChI is InChI=1S/C13H19BrN2O3S/c1-5-8(2)16(4)13(17)10-6-11(14)9(3)12(7-10)20(15,18)19/h6-8H,5H2,1-4H3,(H2,15,18,19). The van der Waals surface area contributed by atoms with Crippen LogP contribution in [-0.4, -0.2) is 32.3 Å². The molecule has 0 saturated heterocycles. The highest BCUT2D eigenvalue weighted by Gasteiger charge is 2.21. The van der Waals surface area contributed by atoms with E-state index in [1.165, 1.54) is 6.07 Å². The third kappa shape index (κ3) is 3.59. The Morgan fingerprint density at radius 3 is 2.45 bits per heavy atom. The van der Waals surface area contributed by atoms with Gasteiger partial charge in [-0.15, -0.1) is 0 Å². The number of hydrogen-bond donors (Lipinski definition) is 1. The molecule has 2 N–H and O–H groups in total. The lowest BCUT2D eigenvalue weighted by molar-refractivity contribution is 0.0740. The summed E-state index contributed by atoms with van der Waals surface area (Å²) in [5, 5.41) is 5.18. The summed E-state index contributed by atoms with van der Waals surface area (Å²) < 4.78 is 23.7. The first-order chi connectivity index (χ1) is 9.09. The Kier molecular flexibility index (Phi) is 5.34. The predicted molar refractivity (Wildman–Crippen MR) is 82.1 cm³/mol. The number of halogens is 1. The van der Waals surface area contributed by atoms with Crippen LogP contribution in [0.2, 0.25) is 0 Å². The predicted octanol–water partition coefficient (Wildman–Crippen LogP) is 2.28. The van der Waals surface area contributed by atoms with Gasteiger partial charge in [-0.1, -0.05) is 22.9 Å². The molecule has 20 heavy (non-hydrogen) atoms. The van der Waals surface area contributed by atoms with Gasteiger partial charge in [-0.25, -0.2) is 13.6 Å². The minimum Gasteiger partial charge on any atom is -0.339 e. The largest absolute Gasteiger partial charge is 0.339 e. The molecule has 0 heterocycles. The van der Waals surface area contributed by atoms with Crippen molar-refractivity contribution < 1.29 is 13.2 Å². The quantitative estimate of drug-likeness (QED) is 0.891. The van der Waals surface area contributed by atoms with Crippen molar-refractivity contribution in [2.45, 2.75) is 38.1 Å². The van der Waals surface area contributed by atoms with Gasteiger partial charge in [0.2, 0.25) is 10.0 Å². The fourth-order valence-corrected chi connectivity index (χ4v) is 3.17. The molecule has 1 unspecified atom stereocenters. The van der Waals surface area contributed by atoms with E-state index < -0.39 is 10.0 Å². The first kappa shape index (κ1) is 17.1. The first-order valence-electron chi connectivity index (χ1n) is 6.19. The molecule has 1 rings (SSSR count). The van der Waals surface area contributed by atoms with Gasteiger partial charge in [0.15, 0.2) is 0 Å². The second-order valence-corrected chi connectivity index (χ2v) is 7.18. The molecule has 112 valence electrons. The topological polar surface area (TPSA) is 80.5 Å². The third-order valence-electron chi connectivity index (χ3n) is 3.42. The summed E-state index contributed by atoms with van der Waals surface area (Å²) in [5.41, 5.74) is 0.796. The van der Waals surface area contributed by atoms with Crippen LogP contribution < -0.4 is 5.14 Å². The van der Waals surface area contributed by atoms with Crippen molar-refractivity contribution in [1.82, 2.24) is 4.90 Å². The Balaban J connectivity index is 3.35. The van der Waals surface area contributed by atoms with Crippen molar-refractivity contribution in [2.24, 2.45) is 5.14 Å². The third-order valence-corrected chi connectivity index (χ3v) is 5.28. The minimum atomic E-state index is -3.86. The van der Waals surface area contributed by atoms with E-state index in [1.807, 2.05) is 13.8 Å². The lowest BCUT2D eigenvalue weighted by atomic mass is 10.1. The molecule has 1 amide bonds. The van der Waals surface area contributed by atoms with E-state index in [2.05, 4.69) is 15.9 Å². The molecule has 1 aromatic rings. The van der Waals surface area contributed by atoms with Crippen molar-refractivity contribution >= 4 is 31.9 Å². The molecule has 1 aromatic carbocycles. The van der Waals surface area contributed by atoms with Gasteiger partial charge in [0, 0.05) is 23.1 Å². The maximum Gasteiger partial charge on any atom is 0.253 e. The van der Waals surface area contributed by atoms with E-state index >= 15 is 0 Å². The van der Waals surface area contributed by atoms with E-state index in [4.69, 9.17) is 5.14 Å². The van der Waals surface area contributed by atoms with Crippen LogP contribution in [0.3, 0.4) is 0 Å². The number of nitrogens with zero attached hydrogens (tertiary/aromatic N) is 1. The number of carbonyl (C=O) groups is 1. The summed E-state index contributed by atoms with van der Waals surface area (Å²) in [5.74, 6) is -0.232. The number of rotatable bonds is 4. The van der Waals surface area contributed by atoms with Crippen molar-refractivity contribution in [2.75, 3.05) is 7.05 Å². The Bertz CT molecular complexity index is 629. The summed E-state index contributed by atoms with van der Waals surface area (Å²) in [4.78, 5) is 13.9. The highest BCUT2D eigenvalue weighted by Crippen LogP contribution is 2.26. The normalized spacial score (nSPS) is 13.1. The van der Waals surface area contributed by atoms with Crippen molar-refractivity contribution in [3.63, 3.8) is 0 Å². The van der Waals surface area contributed by atoms with Gasteiger partial charge in [-0.2, -0.15) is 0 Å². The SMILES string of the molecule is CCC(C)N(C)C(=O)c1cc(Br)c(C)c(S(N)(=O)=O)c1. The van der Waals surface area contributed by atoms with E-state index in [1.54, 1.807) is 24.9 Å². The number of primary sulfonamides is 1. The van der Waals surface area contributed by atoms with Crippen molar-refractivity contribution in [3.05, 3.63) is 27.7 Å². The van der Waals surface area contributed by atoms with E-state index in [0.717, 1.165) is 6.42 Å². The molecule has 0 aliphatic carbocycles.